The van der Waals surface area contributed by atoms with Gasteiger partial charge in [-0.15, -0.1) is 0 Å². The second-order valence-corrected chi connectivity index (χ2v) is 3.74. The Bertz CT molecular complexity index is 604. The van der Waals surface area contributed by atoms with Crippen LogP contribution >= 0.6 is 11.6 Å². The SMILES string of the molecule is Nc1cc2oc(-c3ccco3)nc2cc1Cl. The molecule has 0 bridgehead atoms. The number of aromatic nitrogens is 1. The lowest BCUT2D eigenvalue weighted by molar-refractivity contribution is 0.535. The van der Waals surface area contributed by atoms with Crippen LogP contribution in [0, 0.1) is 0 Å². The highest BCUT2D eigenvalue weighted by molar-refractivity contribution is 6.33. The van der Waals surface area contributed by atoms with E-state index in [1.165, 1.54) is 0 Å². The van der Waals surface area contributed by atoms with Crippen molar-refractivity contribution in [2.45, 2.75) is 0 Å². The van der Waals surface area contributed by atoms with Crippen molar-refractivity contribution in [3.8, 4) is 11.7 Å². The van der Waals surface area contributed by atoms with Gasteiger partial charge in [-0.1, -0.05) is 11.6 Å². The Balaban J connectivity index is 2.23. The van der Waals surface area contributed by atoms with Gasteiger partial charge < -0.3 is 14.6 Å². The minimum absolute atomic E-state index is 0.418. The van der Waals surface area contributed by atoms with Crippen LogP contribution in [-0.2, 0) is 0 Å². The minimum atomic E-state index is 0.418. The van der Waals surface area contributed by atoms with Crippen LogP contribution in [0.15, 0.2) is 39.4 Å². The first-order valence-electron chi connectivity index (χ1n) is 4.63. The van der Waals surface area contributed by atoms with Crippen molar-refractivity contribution in [1.82, 2.24) is 4.98 Å². The summed E-state index contributed by atoms with van der Waals surface area (Å²) in [5, 5.41) is 0.465. The van der Waals surface area contributed by atoms with Crippen LogP contribution in [0.5, 0.6) is 0 Å². The monoisotopic (exact) mass is 234 g/mol. The van der Waals surface area contributed by atoms with Gasteiger partial charge in [0.1, 0.15) is 5.52 Å². The van der Waals surface area contributed by atoms with E-state index in [-0.39, 0.29) is 0 Å². The summed E-state index contributed by atoms with van der Waals surface area (Å²) in [6, 6.07) is 6.86. The normalized spacial score (nSPS) is 11.1. The molecule has 0 amide bonds. The van der Waals surface area contributed by atoms with Gasteiger partial charge in [-0.05, 0) is 18.2 Å². The molecule has 80 valence electrons. The molecule has 2 heterocycles. The van der Waals surface area contributed by atoms with Gasteiger partial charge in [0.25, 0.3) is 5.89 Å². The number of benzene rings is 1. The Kier molecular flexibility index (Phi) is 1.91. The lowest BCUT2D eigenvalue weighted by Gasteiger charge is -1.94. The number of nitrogens with two attached hydrogens (primary N) is 1. The molecular formula is C11H7ClN2O2. The Labute approximate surface area is 95.6 Å². The number of nitrogens with zero attached hydrogens (tertiary/aromatic N) is 1. The summed E-state index contributed by atoms with van der Waals surface area (Å²) in [6.45, 7) is 0. The lowest BCUT2D eigenvalue weighted by Crippen LogP contribution is -1.84. The van der Waals surface area contributed by atoms with Gasteiger partial charge in [-0.2, -0.15) is 0 Å². The molecule has 0 unspecified atom stereocenters. The van der Waals surface area contributed by atoms with Crippen LogP contribution in [0.4, 0.5) is 5.69 Å². The molecule has 2 aromatic heterocycles. The summed E-state index contributed by atoms with van der Waals surface area (Å²) in [4.78, 5) is 4.26. The summed E-state index contributed by atoms with van der Waals surface area (Å²) in [7, 11) is 0. The van der Waals surface area contributed by atoms with Crippen molar-refractivity contribution in [2.75, 3.05) is 5.73 Å². The van der Waals surface area contributed by atoms with Crippen LogP contribution in [-0.4, -0.2) is 4.98 Å². The van der Waals surface area contributed by atoms with Gasteiger partial charge >= 0.3 is 0 Å². The molecule has 0 fully saturated rings. The largest absolute Gasteiger partial charge is 0.459 e. The standard InChI is InChI=1S/C11H7ClN2O2/c12-6-4-8-10(5-7(6)13)16-11(14-8)9-2-1-3-15-9/h1-5H,13H2. The maximum atomic E-state index is 5.89. The molecule has 0 aliphatic heterocycles. The van der Waals surface area contributed by atoms with Gasteiger partial charge in [0.2, 0.25) is 0 Å². The zero-order valence-corrected chi connectivity index (χ0v) is 8.86. The Morgan fingerprint density at radius 2 is 2.19 bits per heavy atom. The number of oxazole rings is 1. The summed E-state index contributed by atoms with van der Waals surface area (Å²) in [5.74, 6) is 0.993. The highest BCUT2D eigenvalue weighted by Crippen LogP contribution is 2.29. The van der Waals surface area contributed by atoms with E-state index >= 15 is 0 Å². The number of hydrogen-bond acceptors (Lipinski definition) is 4. The van der Waals surface area contributed by atoms with Gasteiger partial charge in [0, 0.05) is 6.07 Å². The summed E-state index contributed by atoms with van der Waals surface area (Å²) in [6.07, 6.45) is 1.56. The molecule has 3 rings (SSSR count). The third kappa shape index (κ3) is 1.35. The zero-order valence-electron chi connectivity index (χ0n) is 8.11. The Morgan fingerprint density at radius 3 is 2.94 bits per heavy atom. The topological polar surface area (TPSA) is 65.2 Å². The molecule has 0 atom stereocenters. The van der Waals surface area contributed by atoms with Crippen LogP contribution in [0.3, 0.4) is 0 Å². The molecular weight excluding hydrogens is 228 g/mol. The molecule has 3 aromatic rings. The number of nitrogen functional groups attached to an aromatic ring is 1. The maximum Gasteiger partial charge on any atom is 0.263 e. The predicted octanol–water partition coefficient (Wildman–Crippen LogP) is 3.32. The van der Waals surface area contributed by atoms with Gasteiger partial charge in [-0.25, -0.2) is 4.98 Å². The van der Waals surface area contributed by atoms with Crippen LogP contribution in [0.2, 0.25) is 5.02 Å². The summed E-state index contributed by atoms with van der Waals surface area (Å²) < 4.78 is 10.7. The quantitative estimate of drug-likeness (QED) is 0.656. The molecule has 1 aromatic carbocycles. The number of furan rings is 1. The van der Waals surface area contributed by atoms with Gasteiger partial charge in [0.15, 0.2) is 11.3 Å². The van der Waals surface area contributed by atoms with E-state index in [2.05, 4.69) is 4.98 Å². The number of hydrogen-bond donors (Lipinski definition) is 1. The van der Waals surface area contributed by atoms with E-state index < -0.39 is 0 Å². The Hall–Kier alpha value is -1.94. The predicted molar refractivity (Wildman–Crippen MR) is 61.1 cm³/mol. The first-order valence-corrected chi connectivity index (χ1v) is 5.01. The van der Waals surface area contributed by atoms with E-state index in [1.807, 2.05) is 0 Å². The van der Waals surface area contributed by atoms with Crippen LogP contribution in [0.25, 0.3) is 22.8 Å². The number of anilines is 1. The molecule has 2 N–H and O–H groups in total. The second-order valence-electron chi connectivity index (χ2n) is 3.34. The average molecular weight is 235 g/mol. The number of halogens is 1. The van der Waals surface area contributed by atoms with Crippen molar-refractivity contribution < 1.29 is 8.83 Å². The van der Waals surface area contributed by atoms with Crippen LogP contribution < -0.4 is 5.73 Å². The van der Waals surface area contributed by atoms with Crippen molar-refractivity contribution in [3.05, 3.63) is 35.6 Å². The zero-order chi connectivity index (χ0) is 11.1. The van der Waals surface area contributed by atoms with Crippen LogP contribution in [0.1, 0.15) is 0 Å². The molecule has 0 aliphatic carbocycles. The maximum absolute atomic E-state index is 5.89. The van der Waals surface area contributed by atoms with Crippen molar-refractivity contribution in [1.29, 1.82) is 0 Å². The molecule has 0 spiro atoms. The molecule has 0 saturated heterocycles. The molecule has 0 aliphatic rings. The molecule has 5 heteroatoms. The van der Waals surface area contributed by atoms with Gasteiger partial charge in [-0.3, -0.25) is 0 Å². The van der Waals surface area contributed by atoms with Gasteiger partial charge in [0.05, 0.1) is 17.0 Å². The van der Waals surface area contributed by atoms with Crippen molar-refractivity contribution >= 4 is 28.4 Å². The molecule has 0 radical (unpaired) electrons. The fourth-order valence-electron chi connectivity index (χ4n) is 1.47. The molecule has 16 heavy (non-hydrogen) atoms. The second kappa shape index (κ2) is 3.28. The van der Waals surface area contributed by atoms with E-state index in [9.17, 15) is 0 Å². The number of fused-ring (bicyclic) bond motifs is 1. The smallest absolute Gasteiger partial charge is 0.263 e. The third-order valence-corrected chi connectivity index (χ3v) is 2.57. The first kappa shape index (κ1) is 9.30. The van der Waals surface area contributed by atoms with E-state index in [1.54, 1.807) is 30.5 Å². The molecule has 4 nitrogen and oxygen atoms in total. The molecule has 0 saturated carbocycles. The first-order chi connectivity index (χ1) is 7.74. The summed E-state index contributed by atoms with van der Waals surface area (Å²) in [5.41, 5.74) is 7.39. The third-order valence-electron chi connectivity index (χ3n) is 2.24. The minimum Gasteiger partial charge on any atom is -0.459 e. The van der Waals surface area contributed by atoms with Crippen molar-refractivity contribution in [3.63, 3.8) is 0 Å². The highest BCUT2D eigenvalue weighted by atomic mass is 35.5. The lowest BCUT2D eigenvalue weighted by atomic mass is 10.3. The van der Waals surface area contributed by atoms with E-state index in [4.69, 9.17) is 26.2 Å². The average Bonchev–Trinajstić information content (AvgIpc) is 2.86. The van der Waals surface area contributed by atoms with E-state index in [0.29, 0.717) is 33.5 Å². The fourth-order valence-corrected chi connectivity index (χ4v) is 1.63. The number of rotatable bonds is 1. The van der Waals surface area contributed by atoms with Crippen molar-refractivity contribution in [2.24, 2.45) is 0 Å². The van der Waals surface area contributed by atoms with E-state index in [0.717, 1.165) is 0 Å². The highest BCUT2D eigenvalue weighted by Gasteiger charge is 2.11. The summed E-state index contributed by atoms with van der Waals surface area (Å²) >= 11 is 5.89. The Morgan fingerprint density at radius 1 is 1.31 bits per heavy atom. The fraction of sp³-hybridized carbons (Fsp3) is 0.